The van der Waals surface area contributed by atoms with E-state index in [-0.39, 0.29) is 0 Å². The summed E-state index contributed by atoms with van der Waals surface area (Å²) in [6.07, 6.45) is 5.98. The molecule has 0 radical (unpaired) electrons. The highest BCUT2D eigenvalue weighted by atomic mass is 32.3. The molecule has 0 saturated heterocycles. The maximum Gasteiger partial charge on any atom is 0.480 e. The van der Waals surface area contributed by atoms with Gasteiger partial charge in [0.2, 0.25) is 0 Å². The smallest absolute Gasteiger partial charge is 0.421 e. The van der Waals surface area contributed by atoms with E-state index >= 15 is 0 Å². The number of hydrogen-bond donors (Lipinski definition) is 0. The summed E-state index contributed by atoms with van der Waals surface area (Å²) < 4.78 is 110. The van der Waals surface area contributed by atoms with Crippen molar-refractivity contribution in [1.82, 2.24) is 0 Å². The quantitative estimate of drug-likeness (QED) is 0.530. The predicted octanol–water partition coefficient (Wildman–Crippen LogP) is 2.42. The van der Waals surface area contributed by atoms with Crippen molar-refractivity contribution in [2.45, 2.75) is 24.9 Å². The third kappa shape index (κ3) is 5.71. The molecule has 1 rings (SSSR count). The Morgan fingerprint density at radius 2 is 1.29 bits per heavy atom. The van der Waals surface area contributed by atoms with Gasteiger partial charge in [-0.2, -0.15) is 26.3 Å². The van der Waals surface area contributed by atoms with E-state index in [1.165, 1.54) is 0 Å². The normalized spacial score (nSPS) is 17.5. The van der Waals surface area contributed by atoms with E-state index in [9.17, 15) is 43.2 Å². The monoisotopic (exact) mass is 405 g/mol. The van der Waals surface area contributed by atoms with Crippen LogP contribution < -0.4 is 0 Å². The van der Waals surface area contributed by atoms with Crippen LogP contribution in [0, 0.1) is 0 Å². The molecule has 0 aromatic rings. The SMILES string of the molecule is CC[N+]1(CC)C=CN=C1.O=S(=O)([N-]S(=O)(=O)C(F)(F)F)C(F)(F)F. The Balaban J connectivity index is 0.000000496. The minimum Gasteiger partial charge on any atom is -0.421 e. The molecule has 0 aromatic carbocycles. The molecule has 1 heterocycles. The molecule has 0 unspecified atom stereocenters. The summed E-state index contributed by atoms with van der Waals surface area (Å²) in [6, 6.07) is 0. The number of aliphatic imine (C=N–C) groups is 1. The maximum absolute atomic E-state index is 11.4. The lowest BCUT2D eigenvalue weighted by Crippen LogP contribution is -2.38. The fraction of sp³-hybridized carbons (Fsp3) is 0.667. The number of nitrogens with zero attached hydrogens (tertiary/aromatic N) is 3. The Morgan fingerprint density at radius 3 is 1.46 bits per heavy atom. The molecule has 0 saturated carbocycles. The summed E-state index contributed by atoms with van der Waals surface area (Å²) in [5.41, 5.74) is -12.4. The number of alkyl halides is 6. The number of sulfonamides is 2. The van der Waals surface area contributed by atoms with Gasteiger partial charge in [-0.25, -0.2) is 21.8 Å². The van der Waals surface area contributed by atoms with E-state index in [1.807, 2.05) is 12.5 Å². The first-order valence-electron chi connectivity index (χ1n) is 5.99. The Hall–Kier alpha value is -1.19. The van der Waals surface area contributed by atoms with Gasteiger partial charge in [0, 0.05) is 0 Å². The van der Waals surface area contributed by atoms with Crippen LogP contribution >= 0.6 is 0 Å². The van der Waals surface area contributed by atoms with Crippen molar-refractivity contribution >= 4 is 26.4 Å². The Morgan fingerprint density at radius 1 is 0.917 bits per heavy atom. The minimum atomic E-state index is -6.72. The average Bonchev–Trinajstić information content (AvgIpc) is 2.85. The fourth-order valence-corrected chi connectivity index (χ4v) is 2.90. The number of quaternary nitrogens is 1. The van der Waals surface area contributed by atoms with E-state index in [2.05, 4.69) is 25.0 Å². The van der Waals surface area contributed by atoms with Crippen LogP contribution in [0.2, 0.25) is 0 Å². The maximum atomic E-state index is 11.4. The summed E-state index contributed by atoms with van der Waals surface area (Å²) in [4.78, 5) is 4.05. The molecule has 0 fully saturated rings. The lowest BCUT2D eigenvalue weighted by Gasteiger charge is -2.23. The molecular formula is C9H13F6N3O4S2. The van der Waals surface area contributed by atoms with E-state index in [4.69, 9.17) is 0 Å². The third-order valence-corrected chi connectivity index (χ3v) is 5.44. The molecule has 0 aromatic heterocycles. The van der Waals surface area contributed by atoms with Gasteiger partial charge in [0.25, 0.3) is 0 Å². The summed E-state index contributed by atoms with van der Waals surface area (Å²) in [7, 11) is -13.4. The highest BCUT2D eigenvalue weighted by molar-refractivity contribution is 8.13. The van der Waals surface area contributed by atoms with Crippen LogP contribution in [0.5, 0.6) is 0 Å². The molecule has 0 bridgehead atoms. The van der Waals surface area contributed by atoms with Crippen LogP contribution in [0.1, 0.15) is 13.8 Å². The molecule has 15 heteroatoms. The van der Waals surface area contributed by atoms with Crippen LogP contribution in [0.4, 0.5) is 26.3 Å². The van der Waals surface area contributed by atoms with Crippen LogP contribution in [0.15, 0.2) is 17.4 Å². The largest absolute Gasteiger partial charge is 0.480 e. The second kappa shape index (κ2) is 7.37. The zero-order valence-corrected chi connectivity index (χ0v) is 13.8. The third-order valence-electron chi connectivity index (χ3n) is 2.70. The van der Waals surface area contributed by atoms with Crippen LogP contribution in [-0.2, 0) is 20.0 Å². The summed E-state index contributed by atoms with van der Waals surface area (Å²) >= 11 is 0. The fourth-order valence-electron chi connectivity index (χ4n) is 1.19. The van der Waals surface area contributed by atoms with Crippen molar-refractivity contribution in [3.8, 4) is 0 Å². The van der Waals surface area contributed by atoms with Crippen molar-refractivity contribution in [2.24, 2.45) is 4.99 Å². The lowest BCUT2D eigenvalue weighted by molar-refractivity contribution is -0.774. The van der Waals surface area contributed by atoms with Gasteiger partial charge in [-0.3, -0.25) is 4.48 Å². The molecule has 0 atom stereocenters. The topological polar surface area (TPSA) is 94.7 Å². The van der Waals surface area contributed by atoms with Crippen molar-refractivity contribution in [3.63, 3.8) is 0 Å². The van der Waals surface area contributed by atoms with Gasteiger partial charge in [0.1, 0.15) is 6.20 Å². The van der Waals surface area contributed by atoms with Gasteiger partial charge in [-0.15, -0.1) is 0 Å². The molecule has 1 aliphatic heterocycles. The Kier molecular flexibility index (Phi) is 7.00. The second-order valence-corrected chi connectivity index (χ2v) is 7.64. The zero-order valence-electron chi connectivity index (χ0n) is 12.2. The van der Waals surface area contributed by atoms with Crippen molar-refractivity contribution in [1.29, 1.82) is 0 Å². The van der Waals surface area contributed by atoms with Crippen LogP contribution in [0.3, 0.4) is 0 Å². The number of halogens is 6. The van der Waals surface area contributed by atoms with Crippen molar-refractivity contribution in [3.05, 3.63) is 16.5 Å². The summed E-state index contributed by atoms with van der Waals surface area (Å²) in [5.74, 6) is 0. The first-order chi connectivity index (χ1) is 10.5. The van der Waals surface area contributed by atoms with Gasteiger partial charge < -0.3 is 4.13 Å². The first-order valence-corrected chi connectivity index (χ1v) is 8.87. The van der Waals surface area contributed by atoms with Gasteiger partial charge >= 0.3 is 11.0 Å². The number of rotatable bonds is 4. The Bertz CT molecular complexity index is 634. The lowest BCUT2D eigenvalue weighted by atomic mass is 10.4. The molecule has 1 aliphatic rings. The second-order valence-electron chi connectivity index (χ2n) is 4.21. The molecule has 142 valence electrons. The van der Waals surface area contributed by atoms with Gasteiger partial charge in [-0.05, 0) is 13.8 Å². The molecule has 0 aliphatic carbocycles. The summed E-state index contributed by atoms with van der Waals surface area (Å²) in [5, 5.41) is 0. The number of hydrogen-bond acceptors (Lipinski definition) is 5. The highest BCUT2D eigenvalue weighted by Crippen LogP contribution is 2.36. The van der Waals surface area contributed by atoms with E-state index in [0.717, 1.165) is 21.7 Å². The van der Waals surface area contributed by atoms with Crippen LogP contribution in [-0.4, -0.2) is 51.8 Å². The van der Waals surface area contributed by atoms with Gasteiger partial charge in [0.15, 0.2) is 26.4 Å². The molecule has 0 spiro atoms. The van der Waals surface area contributed by atoms with Gasteiger partial charge in [0.05, 0.1) is 19.3 Å². The molecular weight excluding hydrogens is 392 g/mol. The molecule has 0 amide bonds. The molecule has 24 heavy (non-hydrogen) atoms. The standard InChI is InChI=1S/C7H13N2.C2F6NO4S2/c1-3-9(4-2)6-5-8-7-9;3-1(4,5)14(10,11)9-15(12,13)2(6,7)8/h5-7H,3-4H2,1-2H3;/q+1;-1. The molecule has 0 N–H and O–H groups in total. The van der Waals surface area contributed by atoms with E-state index in [1.54, 1.807) is 0 Å². The Labute approximate surface area is 134 Å². The van der Waals surface area contributed by atoms with Crippen LogP contribution in [0.25, 0.3) is 4.13 Å². The average molecular weight is 405 g/mol. The minimum absolute atomic E-state index is 0.778. The van der Waals surface area contributed by atoms with E-state index in [0.29, 0.717) is 0 Å². The molecule has 7 nitrogen and oxygen atoms in total. The summed E-state index contributed by atoms with van der Waals surface area (Å²) in [6.45, 7) is 6.56. The zero-order chi connectivity index (χ0) is 19.4. The van der Waals surface area contributed by atoms with Crippen molar-refractivity contribution in [2.75, 3.05) is 13.1 Å². The van der Waals surface area contributed by atoms with Crippen molar-refractivity contribution < 1.29 is 47.7 Å². The van der Waals surface area contributed by atoms with Gasteiger partial charge in [-0.1, -0.05) is 0 Å². The predicted molar refractivity (Wildman–Crippen MR) is 72.3 cm³/mol. The van der Waals surface area contributed by atoms with E-state index < -0.39 is 31.1 Å². The highest BCUT2D eigenvalue weighted by Gasteiger charge is 2.46. The first kappa shape index (κ1) is 22.8.